The Kier molecular flexibility index (Phi) is 10.0. The molecule has 2 aromatic heterocycles. The highest BCUT2D eigenvalue weighted by molar-refractivity contribution is 7.22. The largest absolute Gasteiger partial charge is 0.310 e. The SMILES string of the molecule is CC1(C)c2cc(N3c4ccccc4C(C)(C)c4cc(-c5ccc(-c6nc7ccccc7s6)cc5)ccc43)ccc2-c2ccc(N3c4ccccc4C(C)(C)c4cc(-c5ccc(-c6nc7ccccc7s6)cc5)ccc43)cc21. The van der Waals surface area contributed by atoms with Crippen LogP contribution < -0.4 is 9.80 Å². The number of thiazole rings is 2. The summed E-state index contributed by atoms with van der Waals surface area (Å²) in [6.45, 7) is 14.3. The smallest absolute Gasteiger partial charge is 0.124 e. The van der Waals surface area contributed by atoms with Crippen LogP contribution in [0, 0.1) is 0 Å². The summed E-state index contributed by atoms with van der Waals surface area (Å²) in [7, 11) is 0. The Morgan fingerprint density at radius 3 is 1.08 bits per heavy atom. The normalized spacial score (nSPS) is 15.1. The van der Waals surface area contributed by atoms with Crippen LogP contribution in [0.3, 0.4) is 0 Å². The van der Waals surface area contributed by atoms with Gasteiger partial charge in [-0.15, -0.1) is 22.7 Å². The van der Waals surface area contributed by atoms with Gasteiger partial charge in [-0.05, 0) is 152 Å². The van der Waals surface area contributed by atoms with Gasteiger partial charge in [-0.1, -0.05) is 175 Å². The number of para-hydroxylation sites is 4. The van der Waals surface area contributed by atoms with E-state index in [-0.39, 0.29) is 16.2 Å². The van der Waals surface area contributed by atoms with Crippen molar-refractivity contribution >= 4 is 77.2 Å². The number of benzene rings is 10. The van der Waals surface area contributed by atoms with Gasteiger partial charge in [0.2, 0.25) is 0 Å². The van der Waals surface area contributed by atoms with Crippen molar-refractivity contribution in [3.8, 4) is 54.5 Å². The van der Waals surface area contributed by atoms with Crippen LogP contribution in [0.5, 0.6) is 0 Å². The fourth-order valence-electron chi connectivity index (χ4n) is 12.9. The molecule has 4 nitrogen and oxygen atoms in total. The van der Waals surface area contributed by atoms with E-state index in [4.69, 9.17) is 9.97 Å². The minimum absolute atomic E-state index is 0.228. The van der Waals surface area contributed by atoms with Gasteiger partial charge in [0.15, 0.2) is 0 Å². The Morgan fingerprint density at radius 2 is 0.649 bits per heavy atom. The molecule has 0 amide bonds. The number of aromatic nitrogens is 2. The van der Waals surface area contributed by atoms with E-state index >= 15 is 0 Å². The van der Waals surface area contributed by atoms with Crippen molar-refractivity contribution in [1.82, 2.24) is 9.97 Å². The summed E-state index contributed by atoms with van der Waals surface area (Å²) < 4.78 is 2.42. The number of nitrogens with zero attached hydrogens (tertiary/aromatic N) is 4. The van der Waals surface area contributed by atoms with E-state index in [9.17, 15) is 0 Å². The first-order chi connectivity index (χ1) is 37.4. The fourth-order valence-corrected chi connectivity index (χ4v) is 14.9. The average Bonchev–Trinajstić information content (AvgIpc) is 4.20. The third-order valence-electron chi connectivity index (χ3n) is 17.1. The molecule has 6 heteroatoms. The van der Waals surface area contributed by atoms with Crippen molar-refractivity contribution in [1.29, 1.82) is 0 Å². The molecular formula is C71H54N4S2. The molecule has 370 valence electrons. The predicted octanol–water partition coefficient (Wildman–Crippen LogP) is 20.1. The molecule has 15 rings (SSSR count). The third kappa shape index (κ3) is 7.01. The molecule has 0 N–H and O–H groups in total. The van der Waals surface area contributed by atoms with E-state index in [0.29, 0.717) is 0 Å². The van der Waals surface area contributed by atoms with Crippen LogP contribution in [0.15, 0.2) is 218 Å². The van der Waals surface area contributed by atoms with Crippen LogP contribution in [0.1, 0.15) is 74.9 Å². The van der Waals surface area contributed by atoms with Gasteiger partial charge in [0.05, 0.1) is 43.2 Å². The molecule has 0 fully saturated rings. The third-order valence-corrected chi connectivity index (χ3v) is 19.3. The van der Waals surface area contributed by atoms with Gasteiger partial charge in [-0.25, -0.2) is 9.97 Å². The maximum Gasteiger partial charge on any atom is 0.124 e. The van der Waals surface area contributed by atoms with Gasteiger partial charge >= 0.3 is 0 Å². The molecule has 0 spiro atoms. The fraction of sp³-hybridized carbons (Fsp3) is 0.127. The quantitative estimate of drug-likeness (QED) is 0.166. The Labute approximate surface area is 458 Å². The molecule has 0 saturated carbocycles. The molecule has 4 heterocycles. The van der Waals surface area contributed by atoms with E-state index in [2.05, 4.69) is 270 Å². The van der Waals surface area contributed by atoms with Crippen LogP contribution in [0.25, 0.3) is 75.0 Å². The van der Waals surface area contributed by atoms with Gasteiger partial charge in [0.25, 0.3) is 0 Å². The average molecular weight is 1030 g/mol. The van der Waals surface area contributed by atoms with Crippen molar-refractivity contribution in [2.45, 2.75) is 57.8 Å². The molecule has 77 heavy (non-hydrogen) atoms. The first-order valence-corrected chi connectivity index (χ1v) is 28.3. The zero-order valence-corrected chi connectivity index (χ0v) is 45.5. The van der Waals surface area contributed by atoms with Crippen LogP contribution in [0.2, 0.25) is 0 Å². The highest BCUT2D eigenvalue weighted by Crippen LogP contribution is 2.58. The maximum atomic E-state index is 4.94. The standard InChI is InChI=1S/C71H54N4S2/c1-69(2)53-15-7-11-19-61(53)74(63-37-31-47(39-57(63)69)43-23-27-45(28-24-43)67-72-59-17-9-13-21-65(59)76-67)49-33-35-51-52-36-34-50(42-56(52)71(5,6)55(51)41-49)75-62-20-12-8-16-54(62)70(3,4)58-40-48(32-38-64(58)75)44-25-29-46(30-26-44)68-73-60-18-10-14-22-66(60)77-68/h7-42H,1-6H3. The topological polar surface area (TPSA) is 32.3 Å². The summed E-state index contributed by atoms with van der Waals surface area (Å²) in [5.41, 5.74) is 26.3. The van der Waals surface area contributed by atoms with Gasteiger partial charge in [-0.2, -0.15) is 0 Å². The lowest BCUT2D eigenvalue weighted by molar-refractivity contribution is 0.631. The zero-order chi connectivity index (χ0) is 52.0. The first-order valence-electron chi connectivity index (χ1n) is 26.7. The molecule has 0 unspecified atom stereocenters. The Balaban J connectivity index is 0.775. The summed E-state index contributed by atoms with van der Waals surface area (Å²) >= 11 is 3.50. The summed E-state index contributed by atoms with van der Waals surface area (Å²) in [6, 6.07) is 81.2. The molecule has 0 saturated heterocycles. The van der Waals surface area contributed by atoms with E-state index in [0.717, 1.165) is 32.2 Å². The molecule has 3 aliphatic rings. The van der Waals surface area contributed by atoms with Gasteiger partial charge < -0.3 is 9.80 Å². The Bertz CT molecular complexity index is 4040. The maximum absolute atomic E-state index is 4.94. The lowest BCUT2D eigenvalue weighted by atomic mass is 9.72. The lowest BCUT2D eigenvalue weighted by Gasteiger charge is -2.42. The molecule has 12 aromatic rings. The number of rotatable bonds is 6. The van der Waals surface area contributed by atoms with Gasteiger partial charge in [-0.3, -0.25) is 0 Å². The van der Waals surface area contributed by atoms with E-state index in [1.807, 2.05) is 0 Å². The molecule has 2 aliphatic heterocycles. The summed E-state index contributed by atoms with van der Waals surface area (Å²) in [5.74, 6) is 0. The molecule has 0 radical (unpaired) electrons. The summed E-state index contributed by atoms with van der Waals surface area (Å²) in [5, 5.41) is 2.10. The monoisotopic (exact) mass is 1030 g/mol. The molecule has 10 aromatic carbocycles. The van der Waals surface area contributed by atoms with Crippen molar-refractivity contribution < 1.29 is 0 Å². The van der Waals surface area contributed by atoms with Crippen molar-refractivity contribution in [3.05, 3.63) is 252 Å². The first kappa shape index (κ1) is 45.9. The van der Waals surface area contributed by atoms with Crippen LogP contribution in [-0.4, -0.2) is 9.97 Å². The number of hydrogen-bond donors (Lipinski definition) is 0. The van der Waals surface area contributed by atoms with Crippen molar-refractivity contribution in [3.63, 3.8) is 0 Å². The lowest BCUT2D eigenvalue weighted by Crippen LogP contribution is -2.31. The Hall–Kier alpha value is -8.42. The van der Waals surface area contributed by atoms with E-state index in [1.165, 1.54) is 110 Å². The van der Waals surface area contributed by atoms with Gasteiger partial charge in [0, 0.05) is 38.7 Å². The predicted molar refractivity (Wildman–Crippen MR) is 326 cm³/mol. The van der Waals surface area contributed by atoms with Crippen LogP contribution >= 0.6 is 22.7 Å². The zero-order valence-electron chi connectivity index (χ0n) is 43.9. The number of anilines is 6. The van der Waals surface area contributed by atoms with Crippen molar-refractivity contribution in [2.75, 3.05) is 9.80 Å². The van der Waals surface area contributed by atoms with Crippen LogP contribution in [-0.2, 0) is 16.2 Å². The second-order valence-electron chi connectivity index (χ2n) is 22.6. The minimum Gasteiger partial charge on any atom is -0.310 e. The second-order valence-corrected chi connectivity index (χ2v) is 24.7. The number of hydrogen-bond acceptors (Lipinski definition) is 6. The van der Waals surface area contributed by atoms with Crippen LogP contribution in [0.4, 0.5) is 34.1 Å². The molecule has 0 bridgehead atoms. The second kappa shape index (κ2) is 16.8. The minimum atomic E-state index is -0.270. The molecule has 1 aliphatic carbocycles. The highest BCUT2D eigenvalue weighted by atomic mass is 32.1. The van der Waals surface area contributed by atoms with Gasteiger partial charge in [0.1, 0.15) is 10.0 Å². The highest BCUT2D eigenvalue weighted by Gasteiger charge is 2.42. The summed E-state index contributed by atoms with van der Waals surface area (Å²) in [4.78, 5) is 14.9. The number of fused-ring (bicyclic) bond motifs is 9. The summed E-state index contributed by atoms with van der Waals surface area (Å²) in [6.07, 6.45) is 0. The van der Waals surface area contributed by atoms with Crippen molar-refractivity contribution in [2.24, 2.45) is 0 Å². The Morgan fingerprint density at radius 1 is 0.299 bits per heavy atom. The molecule has 0 atom stereocenters. The van der Waals surface area contributed by atoms with E-state index in [1.54, 1.807) is 22.7 Å². The van der Waals surface area contributed by atoms with E-state index < -0.39 is 0 Å². The molecular weight excluding hydrogens is 973 g/mol.